The predicted octanol–water partition coefficient (Wildman–Crippen LogP) is 11.6. The average molecular weight is 563 g/mol. The van der Waals surface area contributed by atoms with Crippen LogP contribution in [0.15, 0.2) is 182 Å². The van der Waals surface area contributed by atoms with Gasteiger partial charge in [-0.2, -0.15) is 0 Å². The first-order valence-corrected chi connectivity index (χ1v) is 15.0. The van der Waals surface area contributed by atoms with Crippen LogP contribution >= 0.6 is 0 Å². The van der Waals surface area contributed by atoms with Gasteiger partial charge >= 0.3 is 0 Å². The van der Waals surface area contributed by atoms with Gasteiger partial charge in [0.15, 0.2) is 0 Å². The highest BCUT2D eigenvalue weighted by Gasteiger charge is 2.22. The van der Waals surface area contributed by atoms with Crippen molar-refractivity contribution in [3.05, 3.63) is 182 Å². The van der Waals surface area contributed by atoms with Gasteiger partial charge in [-0.1, -0.05) is 133 Å². The Morgan fingerprint density at radius 3 is 1.61 bits per heavy atom. The zero-order valence-corrected chi connectivity index (χ0v) is 24.2. The second kappa shape index (κ2) is 11.1. The van der Waals surface area contributed by atoms with Crippen molar-refractivity contribution in [2.45, 2.75) is 0 Å². The molecule has 0 fully saturated rings. The van der Waals surface area contributed by atoms with Crippen molar-refractivity contribution in [3.8, 4) is 27.9 Å². The fraction of sp³-hybridized carbons (Fsp3) is 0. The molecule has 1 aromatic heterocycles. The average Bonchev–Trinajstić information content (AvgIpc) is 3.46. The molecule has 7 aromatic carbocycles. The summed E-state index contributed by atoms with van der Waals surface area (Å²) in [5.74, 6) is 0. The molecule has 0 unspecified atom stereocenters. The van der Waals surface area contributed by atoms with Crippen molar-refractivity contribution in [2.75, 3.05) is 4.90 Å². The highest BCUT2D eigenvalue weighted by molar-refractivity contribution is 6.19. The third-order valence-corrected chi connectivity index (χ3v) is 8.38. The molecule has 0 spiro atoms. The van der Waals surface area contributed by atoms with Crippen LogP contribution in [0.3, 0.4) is 0 Å². The van der Waals surface area contributed by atoms with Crippen LogP contribution in [0.25, 0.3) is 49.7 Å². The van der Waals surface area contributed by atoms with E-state index in [2.05, 4.69) is 191 Å². The fourth-order valence-corrected chi connectivity index (χ4v) is 6.42. The first-order valence-electron chi connectivity index (χ1n) is 15.0. The summed E-state index contributed by atoms with van der Waals surface area (Å²) in [6.07, 6.45) is 0. The van der Waals surface area contributed by atoms with Gasteiger partial charge in [0, 0.05) is 27.8 Å². The molecule has 44 heavy (non-hydrogen) atoms. The molecule has 0 aliphatic heterocycles. The Kier molecular flexibility index (Phi) is 6.51. The van der Waals surface area contributed by atoms with E-state index in [1.165, 1.54) is 44.1 Å². The predicted molar refractivity (Wildman–Crippen MR) is 186 cm³/mol. The van der Waals surface area contributed by atoms with Crippen LogP contribution < -0.4 is 4.90 Å². The van der Waals surface area contributed by atoms with E-state index in [0.717, 1.165) is 22.7 Å². The van der Waals surface area contributed by atoms with Gasteiger partial charge in [0.25, 0.3) is 0 Å². The van der Waals surface area contributed by atoms with Crippen LogP contribution in [0.2, 0.25) is 0 Å². The van der Waals surface area contributed by atoms with Crippen LogP contribution in [-0.2, 0) is 0 Å². The van der Waals surface area contributed by atoms with E-state index in [4.69, 9.17) is 0 Å². The van der Waals surface area contributed by atoms with Crippen molar-refractivity contribution in [3.63, 3.8) is 0 Å². The van der Waals surface area contributed by atoms with Crippen LogP contribution in [0.4, 0.5) is 17.1 Å². The van der Waals surface area contributed by atoms with Gasteiger partial charge in [0.05, 0.1) is 16.7 Å². The summed E-state index contributed by atoms with van der Waals surface area (Å²) in [5.41, 5.74) is 11.7. The molecule has 0 bridgehead atoms. The largest absolute Gasteiger partial charge is 0.308 e. The Balaban J connectivity index is 1.43. The van der Waals surface area contributed by atoms with Crippen LogP contribution in [-0.4, -0.2) is 4.57 Å². The molecular weight excluding hydrogens is 532 g/mol. The van der Waals surface area contributed by atoms with Gasteiger partial charge in [-0.25, -0.2) is 0 Å². The minimum Gasteiger partial charge on any atom is -0.308 e. The zero-order valence-electron chi connectivity index (χ0n) is 24.2. The standard InChI is InChI=1S/C42H30N2/c1-5-15-31(16-6-1)32-27-29-36(30-28-32)43(34-19-9-3-10-20-34)40-26-14-24-38-41-37(33-17-7-2-8-18-33)23-13-25-39(41)44(42(38)40)35-21-11-4-12-22-35/h1-30H. The molecule has 0 N–H and O–H groups in total. The Labute approximate surface area is 257 Å². The summed E-state index contributed by atoms with van der Waals surface area (Å²) in [6.45, 7) is 0. The molecule has 0 aliphatic carbocycles. The second-order valence-electron chi connectivity index (χ2n) is 11.0. The summed E-state index contributed by atoms with van der Waals surface area (Å²) >= 11 is 0. The number of hydrogen-bond acceptors (Lipinski definition) is 1. The normalized spacial score (nSPS) is 11.2. The summed E-state index contributed by atoms with van der Waals surface area (Å²) in [5, 5.41) is 2.48. The van der Waals surface area contributed by atoms with Crippen molar-refractivity contribution in [2.24, 2.45) is 0 Å². The molecule has 2 heteroatoms. The van der Waals surface area contributed by atoms with Crippen LogP contribution in [0, 0.1) is 0 Å². The summed E-state index contributed by atoms with van der Waals surface area (Å²) in [7, 11) is 0. The monoisotopic (exact) mass is 562 g/mol. The van der Waals surface area contributed by atoms with Gasteiger partial charge in [0.1, 0.15) is 0 Å². The first-order chi connectivity index (χ1) is 21.9. The van der Waals surface area contributed by atoms with Crippen LogP contribution in [0.5, 0.6) is 0 Å². The molecule has 0 amide bonds. The second-order valence-corrected chi connectivity index (χ2v) is 11.0. The number of aromatic nitrogens is 1. The fourth-order valence-electron chi connectivity index (χ4n) is 6.42. The molecule has 0 atom stereocenters. The first kappa shape index (κ1) is 25.8. The Morgan fingerprint density at radius 2 is 0.932 bits per heavy atom. The Hall–Kier alpha value is -5.86. The number of fused-ring (bicyclic) bond motifs is 3. The highest BCUT2D eigenvalue weighted by Crippen LogP contribution is 2.45. The molecule has 8 rings (SSSR count). The van der Waals surface area contributed by atoms with E-state index in [9.17, 15) is 0 Å². The molecular formula is C42H30N2. The van der Waals surface area contributed by atoms with Crippen LogP contribution in [0.1, 0.15) is 0 Å². The quantitative estimate of drug-likeness (QED) is 0.196. The van der Waals surface area contributed by atoms with E-state index in [0.29, 0.717) is 0 Å². The maximum atomic E-state index is 2.43. The number of anilines is 3. The van der Waals surface area contributed by atoms with Crippen molar-refractivity contribution >= 4 is 38.9 Å². The minimum atomic E-state index is 1.11. The molecule has 8 aromatic rings. The van der Waals surface area contributed by atoms with E-state index >= 15 is 0 Å². The lowest BCUT2D eigenvalue weighted by Gasteiger charge is -2.27. The van der Waals surface area contributed by atoms with E-state index in [-0.39, 0.29) is 0 Å². The number of nitrogens with zero attached hydrogens (tertiary/aromatic N) is 2. The maximum Gasteiger partial charge on any atom is 0.0782 e. The maximum absolute atomic E-state index is 2.43. The molecule has 0 radical (unpaired) electrons. The number of benzene rings is 7. The van der Waals surface area contributed by atoms with Crippen molar-refractivity contribution < 1.29 is 0 Å². The topological polar surface area (TPSA) is 8.17 Å². The number of hydrogen-bond donors (Lipinski definition) is 0. The van der Waals surface area contributed by atoms with Gasteiger partial charge in [-0.15, -0.1) is 0 Å². The van der Waals surface area contributed by atoms with Crippen molar-refractivity contribution in [1.29, 1.82) is 0 Å². The highest BCUT2D eigenvalue weighted by atomic mass is 15.2. The van der Waals surface area contributed by atoms with Crippen molar-refractivity contribution in [1.82, 2.24) is 4.57 Å². The lowest BCUT2D eigenvalue weighted by atomic mass is 9.99. The molecule has 2 nitrogen and oxygen atoms in total. The zero-order chi connectivity index (χ0) is 29.3. The number of rotatable bonds is 6. The van der Waals surface area contributed by atoms with Gasteiger partial charge in [-0.3, -0.25) is 0 Å². The summed E-state index contributed by atoms with van der Waals surface area (Å²) in [6, 6.07) is 65.0. The third-order valence-electron chi connectivity index (χ3n) is 8.38. The summed E-state index contributed by atoms with van der Waals surface area (Å²) < 4.78 is 2.43. The summed E-state index contributed by atoms with van der Waals surface area (Å²) in [4.78, 5) is 2.39. The lowest BCUT2D eigenvalue weighted by molar-refractivity contribution is 1.17. The number of para-hydroxylation sites is 3. The van der Waals surface area contributed by atoms with Gasteiger partial charge in [0.2, 0.25) is 0 Å². The molecule has 0 saturated carbocycles. The Morgan fingerprint density at radius 1 is 0.386 bits per heavy atom. The lowest BCUT2D eigenvalue weighted by Crippen LogP contribution is -2.11. The molecule has 208 valence electrons. The van der Waals surface area contributed by atoms with Gasteiger partial charge in [-0.05, 0) is 70.8 Å². The van der Waals surface area contributed by atoms with E-state index in [1.54, 1.807) is 0 Å². The molecule has 1 heterocycles. The molecule has 0 aliphatic rings. The minimum absolute atomic E-state index is 1.11. The van der Waals surface area contributed by atoms with E-state index in [1.807, 2.05) is 0 Å². The van der Waals surface area contributed by atoms with E-state index < -0.39 is 0 Å². The Bertz CT molecular complexity index is 2180. The SMILES string of the molecule is c1ccc(-c2ccc(N(c3ccccc3)c3cccc4c5c(-c6ccccc6)cccc5n(-c5ccccc5)c34)cc2)cc1. The van der Waals surface area contributed by atoms with Gasteiger partial charge < -0.3 is 9.47 Å². The third kappa shape index (κ3) is 4.45. The molecule has 0 saturated heterocycles. The smallest absolute Gasteiger partial charge is 0.0782 e.